The third-order valence-electron chi connectivity index (χ3n) is 2.31. The summed E-state index contributed by atoms with van der Waals surface area (Å²) in [7, 11) is 0. The fourth-order valence-electron chi connectivity index (χ4n) is 1.87. The Kier molecular flexibility index (Phi) is 2.19. The first-order valence-electron chi connectivity index (χ1n) is 4.72. The number of aromatic nitrogens is 2. The Hall–Kier alpha value is -1.84. The Balaban J connectivity index is 2.62. The molecule has 0 unspecified atom stereocenters. The lowest BCUT2D eigenvalue weighted by atomic mass is 10.1. The van der Waals surface area contributed by atoms with E-state index in [1.54, 1.807) is 0 Å². The zero-order valence-corrected chi connectivity index (χ0v) is 8.94. The van der Waals surface area contributed by atoms with Crippen LogP contribution in [0.15, 0.2) is 22.9 Å². The van der Waals surface area contributed by atoms with Crippen LogP contribution in [0.5, 0.6) is 5.95 Å². The van der Waals surface area contributed by atoms with Crippen LogP contribution in [0.1, 0.15) is 16.7 Å². The average Bonchev–Trinajstić information content (AvgIpc) is 2.49. The molecule has 0 amide bonds. The predicted octanol–water partition coefficient (Wildman–Crippen LogP) is 0.950. The predicted molar refractivity (Wildman–Crippen MR) is 51.7 cm³/mol. The van der Waals surface area contributed by atoms with Crippen molar-refractivity contribution >= 4 is 0 Å². The lowest BCUT2D eigenvalue weighted by Gasteiger charge is -2.01. The Morgan fingerprint density at radius 2 is 1.80 bits per heavy atom. The highest BCUT2D eigenvalue weighted by Gasteiger charge is 2.16. The Morgan fingerprint density at radius 1 is 1.20 bits per heavy atom. The first-order chi connectivity index (χ1) is 7.08. The second kappa shape index (κ2) is 3.38. The Labute approximate surface area is 87.7 Å². The molecule has 1 heterocycles. The van der Waals surface area contributed by atoms with Crippen molar-refractivity contribution in [2.75, 3.05) is 0 Å². The zero-order valence-electron chi connectivity index (χ0n) is 8.94. The van der Waals surface area contributed by atoms with Gasteiger partial charge in [0, 0.05) is 11.1 Å². The van der Waals surface area contributed by atoms with E-state index in [2.05, 4.69) is 21.9 Å². The van der Waals surface area contributed by atoms with Crippen molar-refractivity contribution in [3.05, 3.63) is 35.0 Å². The second-order valence-corrected chi connectivity index (χ2v) is 3.71. The number of rotatable bonds is 1. The summed E-state index contributed by atoms with van der Waals surface area (Å²) in [5.41, 5.74) is 4.25. The topological polar surface area (TPSA) is 53.0 Å². The fraction of sp³-hybridized carbons (Fsp3) is 0.273. The normalized spacial score (nSPS) is 10.6. The summed E-state index contributed by atoms with van der Waals surface area (Å²) in [6.07, 6.45) is 1.34. The molecule has 15 heavy (non-hydrogen) atoms. The summed E-state index contributed by atoms with van der Waals surface area (Å²) in [5.74, 6) is -0.436. The third-order valence-corrected chi connectivity index (χ3v) is 2.31. The van der Waals surface area contributed by atoms with Crippen LogP contribution in [0.4, 0.5) is 0 Å². The lowest BCUT2D eigenvalue weighted by molar-refractivity contribution is -0.671. The van der Waals surface area contributed by atoms with Gasteiger partial charge in [0.1, 0.15) is 5.95 Å². The molecule has 0 aliphatic heterocycles. The minimum atomic E-state index is -0.436. The van der Waals surface area contributed by atoms with Gasteiger partial charge >= 0.3 is 0 Å². The summed E-state index contributed by atoms with van der Waals surface area (Å²) in [5, 5.41) is 14.6. The number of aryl methyl sites for hydroxylation is 3. The molecule has 0 aliphatic carbocycles. The molecule has 0 radical (unpaired) electrons. The Morgan fingerprint density at radius 3 is 2.27 bits per heavy atom. The second-order valence-electron chi connectivity index (χ2n) is 3.71. The molecule has 78 valence electrons. The van der Waals surface area contributed by atoms with E-state index in [9.17, 15) is 5.11 Å². The van der Waals surface area contributed by atoms with E-state index in [1.165, 1.54) is 16.4 Å². The summed E-state index contributed by atoms with van der Waals surface area (Å²) >= 11 is 0. The van der Waals surface area contributed by atoms with Gasteiger partial charge in [-0.15, -0.1) is 0 Å². The van der Waals surface area contributed by atoms with Gasteiger partial charge in [0.05, 0.1) is 5.27 Å². The summed E-state index contributed by atoms with van der Waals surface area (Å²) in [6.45, 7) is 6.01. The van der Waals surface area contributed by atoms with Crippen LogP contribution in [0.3, 0.4) is 0 Å². The van der Waals surface area contributed by atoms with Crippen molar-refractivity contribution in [2.24, 2.45) is 0 Å². The van der Waals surface area contributed by atoms with Crippen LogP contribution >= 0.6 is 0 Å². The van der Waals surface area contributed by atoms with E-state index in [-0.39, 0.29) is 0 Å². The van der Waals surface area contributed by atoms with Crippen molar-refractivity contribution in [1.82, 2.24) is 5.27 Å². The zero-order chi connectivity index (χ0) is 11.0. The molecule has 2 aromatic rings. The maximum atomic E-state index is 10.9. The molecule has 0 saturated carbocycles. The van der Waals surface area contributed by atoms with Crippen molar-refractivity contribution in [2.45, 2.75) is 20.8 Å². The molecule has 0 bridgehead atoms. The fourth-order valence-corrected chi connectivity index (χ4v) is 1.87. The van der Waals surface area contributed by atoms with Crippen LogP contribution in [-0.4, -0.2) is 5.27 Å². The summed E-state index contributed by atoms with van der Waals surface area (Å²) < 4.78 is 6.00. The maximum absolute atomic E-state index is 10.9. The largest absolute Gasteiger partial charge is 0.539 e. The molecule has 0 spiro atoms. The monoisotopic (exact) mass is 204 g/mol. The minimum Gasteiger partial charge on any atom is -0.539 e. The molecule has 0 N–H and O–H groups in total. The molecule has 4 nitrogen and oxygen atoms in total. The van der Waals surface area contributed by atoms with Crippen LogP contribution in [-0.2, 0) is 0 Å². The lowest BCUT2D eigenvalue weighted by Crippen LogP contribution is -2.33. The van der Waals surface area contributed by atoms with Gasteiger partial charge in [-0.3, -0.25) is 0 Å². The number of benzene rings is 1. The Bertz CT molecular complexity index is 480. The van der Waals surface area contributed by atoms with Gasteiger partial charge in [0.15, 0.2) is 0 Å². The molecule has 0 aliphatic rings. The van der Waals surface area contributed by atoms with E-state index in [0.29, 0.717) is 0 Å². The van der Waals surface area contributed by atoms with Crippen LogP contribution in [0, 0.1) is 20.8 Å². The third kappa shape index (κ3) is 1.70. The molecular formula is C11H12N2O2. The smallest absolute Gasteiger partial charge is 0.245 e. The van der Waals surface area contributed by atoms with Crippen molar-refractivity contribution in [3.8, 4) is 11.6 Å². The average molecular weight is 204 g/mol. The summed E-state index contributed by atoms with van der Waals surface area (Å²) in [6, 6.07) is 4.10. The molecule has 2 rings (SSSR count). The van der Waals surface area contributed by atoms with Gasteiger partial charge in [-0.1, -0.05) is 5.56 Å². The standard InChI is InChI=1S/C11H12N2O2/c1-7-4-8(2)11(9(3)5-7)13-6-10(14)15-12-13/h4-6H,1-3H3. The van der Waals surface area contributed by atoms with Gasteiger partial charge in [0.25, 0.3) is 0 Å². The van der Waals surface area contributed by atoms with Crippen molar-refractivity contribution in [1.29, 1.82) is 0 Å². The van der Waals surface area contributed by atoms with E-state index >= 15 is 0 Å². The molecular weight excluding hydrogens is 192 g/mol. The minimum absolute atomic E-state index is 0.436. The van der Waals surface area contributed by atoms with Crippen LogP contribution < -0.4 is 9.79 Å². The van der Waals surface area contributed by atoms with E-state index in [1.807, 2.05) is 20.8 Å². The van der Waals surface area contributed by atoms with Gasteiger partial charge in [-0.25, -0.2) is 0 Å². The van der Waals surface area contributed by atoms with E-state index in [0.717, 1.165) is 16.8 Å². The summed E-state index contributed by atoms with van der Waals surface area (Å²) in [4.78, 5) is 0. The van der Waals surface area contributed by atoms with Gasteiger partial charge in [-0.05, 0) is 37.6 Å². The number of hydrogen-bond acceptors (Lipinski definition) is 3. The molecule has 0 saturated heterocycles. The highest BCUT2D eigenvalue weighted by Crippen LogP contribution is 2.16. The molecule has 0 atom stereocenters. The molecule has 1 aromatic heterocycles. The van der Waals surface area contributed by atoms with E-state index < -0.39 is 5.95 Å². The quantitative estimate of drug-likeness (QED) is 0.650. The highest BCUT2D eigenvalue weighted by atomic mass is 16.6. The van der Waals surface area contributed by atoms with Crippen molar-refractivity contribution in [3.63, 3.8) is 0 Å². The van der Waals surface area contributed by atoms with Crippen molar-refractivity contribution < 1.29 is 14.3 Å². The van der Waals surface area contributed by atoms with Crippen LogP contribution in [0.2, 0.25) is 0 Å². The molecule has 4 heteroatoms. The van der Waals surface area contributed by atoms with Crippen LogP contribution in [0.25, 0.3) is 5.69 Å². The molecule has 0 fully saturated rings. The van der Waals surface area contributed by atoms with Gasteiger partial charge in [0.2, 0.25) is 11.9 Å². The molecule has 1 aromatic carbocycles. The number of hydrogen-bond donors (Lipinski definition) is 0. The van der Waals surface area contributed by atoms with E-state index in [4.69, 9.17) is 0 Å². The maximum Gasteiger partial charge on any atom is 0.245 e. The highest BCUT2D eigenvalue weighted by molar-refractivity contribution is 5.42. The van der Waals surface area contributed by atoms with Gasteiger partial charge < -0.3 is 9.63 Å². The first kappa shape index (κ1) is 9.71. The SMILES string of the molecule is Cc1cc(C)c(-[n+]2cc([O-])on2)c(C)c1. The first-order valence-corrected chi connectivity index (χ1v) is 4.72. The number of nitrogens with zero attached hydrogens (tertiary/aromatic N) is 2. The van der Waals surface area contributed by atoms with Gasteiger partial charge in [-0.2, -0.15) is 0 Å².